The molecule has 0 bridgehead atoms. The van der Waals surface area contributed by atoms with Crippen molar-refractivity contribution >= 4 is 23.8 Å². The van der Waals surface area contributed by atoms with Gasteiger partial charge in [-0.3, -0.25) is 25.3 Å². The predicted octanol–water partition coefficient (Wildman–Crippen LogP) is -0.138. The van der Waals surface area contributed by atoms with E-state index >= 15 is 0 Å². The Morgan fingerprint density at radius 3 is 2.46 bits per heavy atom. The van der Waals surface area contributed by atoms with Crippen molar-refractivity contribution in [2.24, 2.45) is 10.7 Å². The Kier molecular flexibility index (Phi) is 8.37. The molecule has 9 nitrogen and oxygen atoms in total. The minimum Gasteiger partial charge on any atom is -0.368 e. The summed E-state index contributed by atoms with van der Waals surface area (Å²) in [6.07, 6.45) is 1.77. The van der Waals surface area contributed by atoms with E-state index in [2.05, 4.69) is 26.5 Å². The molecule has 0 spiro atoms. The molecule has 0 heterocycles. The summed E-state index contributed by atoms with van der Waals surface area (Å²) in [5.41, 5.74) is 10.2. The number of carbonyl (C=O) groups excluding carboxylic acids is 3. The predicted molar refractivity (Wildman–Crippen MR) is 90.0 cm³/mol. The quantitative estimate of drug-likeness (QED) is 0.214. The van der Waals surface area contributed by atoms with Crippen LogP contribution in [-0.4, -0.2) is 36.9 Å². The van der Waals surface area contributed by atoms with E-state index < -0.39 is 11.9 Å². The number of hydrogen-bond acceptors (Lipinski definition) is 4. The molecule has 130 valence electrons. The monoisotopic (exact) mass is 334 g/mol. The molecule has 4 amide bonds. The Hall–Kier alpha value is -3.10. The van der Waals surface area contributed by atoms with Crippen molar-refractivity contribution in [3.05, 3.63) is 35.9 Å². The van der Waals surface area contributed by atoms with Crippen molar-refractivity contribution in [2.45, 2.75) is 19.8 Å². The molecule has 1 rings (SSSR count). The fourth-order valence-corrected chi connectivity index (χ4v) is 1.56. The van der Waals surface area contributed by atoms with Crippen molar-refractivity contribution in [3.63, 3.8) is 0 Å². The molecule has 0 aliphatic heterocycles. The molecular formula is C15H22N6O3. The molecule has 9 heteroatoms. The van der Waals surface area contributed by atoms with Gasteiger partial charge < -0.3 is 11.1 Å². The molecule has 0 unspecified atom stereocenters. The van der Waals surface area contributed by atoms with Gasteiger partial charge >= 0.3 is 6.03 Å². The maximum Gasteiger partial charge on any atom is 0.333 e. The molecule has 1 aromatic carbocycles. The lowest BCUT2D eigenvalue weighted by Crippen LogP contribution is -2.53. The molecular weight excluding hydrogens is 312 g/mol. The van der Waals surface area contributed by atoms with Crippen molar-refractivity contribution in [1.82, 2.24) is 21.5 Å². The van der Waals surface area contributed by atoms with Gasteiger partial charge in [-0.1, -0.05) is 31.5 Å². The van der Waals surface area contributed by atoms with E-state index in [1.807, 2.05) is 6.92 Å². The van der Waals surface area contributed by atoms with Crippen LogP contribution in [-0.2, 0) is 4.79 Å². The lowest BCUT2D eigenvalue weighted by atomic mass is 10.2. The number of benzene rings is 1. The minimum atomic E-state index is -0.675. The number of rotatable bonds is 6. The second-order valence-corrected chi connectivity index (χ2v) is 4.80. The van der Waals surface area contributed by atoms with E-state index in [0.717, 1.165) is 12.8 Å². The summed E-state index contributed by atoms with van der Waals surface area (Å²) in [6.45, 7) is 2.20. The van der Waals surface area contributed by atoms with Crippen LogP contribution in [0.15, 0.2) is 35.3 Å². The third kappa shape index (κ3) is 7.78. The van der Waals surface area contributed by atoms with Crippen molar-refractivity contribution in [1.29, 1.82) is 0 Å². The SMILES string of the molecule is CCCCN=C(NNC(=O)NCC(N)=O)NC(=O)c1ccccc1. The number of hydrazine groups is 1. The maximum atomic E-state index is 12.1. The molecule has 0 saturated carbocycles. The van der Waals surface area contributed by atoms with Gasteiger partial charge in [0.15, 0.2) is 0 Å². The molecule has 0 aliphatic carbocycles. The zero-order chi connectivity index (χ0) is 17.8. The highest BCUT2D eigenvalue weighted by Gasteiger charge is 2.09. The number of unbranched alkanes of at least 4 members (excludes halogenated alkanes) is 1. The number of hydrogen-bond donors (Lipinski definition) is 5. The van der Waals surface area contributed by atoms with Crippen LogP contribution in [0, 0.1) is 0 Å². The number of guanidine groups is 1. The van der Waals surface area contributed by atoms with E-state index in [1.54, 1.807) is 30.3 Å². The molecule has 0 aromatic heterocycles. The van der Waals surface area contributed by atoms with Crippen LogP contribution in [0.3, 0.4) is 0 Å². The number of urea groups is 1. The highest BCUT2D eigenvalue weighted by atomic mass is 16.2. The number of nitrogens with one attached hydrogen (secondary N) is 4. The highest BCUT2D eigenvalue weighted by molar-refractivity contribution is 6.05. The van der Waals surface area contributed by atoms with Gasteiger partial charge in [-0.15, -0.1) is 0 Å². The summed E-state index contributed by atoms with van der Waals surface area (Å²) < 4.78 is 0. The van der Waals surface area contributed by atoms with Gasteiger partial charge in [0, 0.05) is 12.1 Å². The largest absolute Gasteiger partial charge is 0.368 e. The first-order chi connectivity index (χ1) is 11.5. The maximum absolute atomic E-state index is 12.1. The fourth-order valence-electron chi connectivity index (χ4n) is 1.56. The Labute approximate surface area is 140 Å². The molecule has 1 aromatic rings. The van der Waals surface area contributed by atoms with Gasteiger partial charge in [0.05, 0.1) is 6.54 Å². The molecule has 0 aliphatic rings. The fraction of sp³-hybridized carbons (Fsp3) is 0.333. The average molecular weight is 334 g/mol. The van der Waals surface area contributed by atoms with E-state index in [-0.39, 0.29) is 18.4 Å². The Bertz CT molecular complexity index is 588. The number of aliphatic imine (C=N–C) groups is 1. The van der Waals surface area contributed by atoms with Gasteiger partial charge in [-0.25, -0.2) is 10.2 Å². The third-order valence-electron chi connectivity index (χ3n) is 2.77. The van der Waals surface area contributed by atoms with Gasteiger partial charge in [0.2, 0.25) is 11.9 Å². The van der Waals surface area contributed by atoms with Crippen LogP contribution in [0.1, 0.15) is 30.1 Å². The van der Waals surface area contributed by atoms with Crippen LogP contribution in [0.5, 0.6) is 0 Å². The lowest BCUT2D eigenvalue weighted by Gasteiger charge is -2.13. The highest BCUT2D eigenvalue weighted by Crippen LogP contribution is 1.97. The zero-order valence-corrected chi connectivity index (χ0v) is 13.5. The topological polar surface area (TPSA) is 138 Å². The number of carbonyl (C=O) groups is 3. The number of primary amides is 1. The van der Waals surface area contributed by atoms with Crippen LogP contribution >= 0.6 is 0 Å². The first kappa shape index (κ1) is 18.9. The lowest BCUT2D eigenvalue weighted by molar-refractivity contribution is -0.117. The van der Waals surface area contributed by atoms with Gasteiger partial charge in [0.25, 0.3) is 5.91 Å². The normalized spacial score (nSPS) is 10.6. The Morgan fingerprint density at radius 2 is 1.83 bits per heavy atom. The second kappa shape index (κ2) is 10.6. The summed E-state index contributed by atoms with van der Waals surface area (Å²) in [5, 5.41) is 4.81. The average Bonchev–Trinajstić information content (AvgIpc) is 2.58. The van der Waals surface area contributed by atoms with Crippen LogP contribution in [0.4, 0.5) is 4.79 Å². The molecule has 6 N–H and O–H groups in total. The first-order valence-corrected chi connectivity index (χ1v) is 7.52. The van der Waals surface area contributed by atoms with Crippen molar-refractivity contribution < 1.29 is 14.4 Å². The molecule has 24 heavy (non-hydrogen) atoms. The molecule has 0 fully saturated rings. The van der Waals surface area contributed by atoms with Gasteiger partial charge in [-0.2, -0.15) is 0 Å². The van der Waals surface area contributed by atoms with Crippen LogP contribution < -0.4 is 27.2 Å². The Morgan fingerprint density at radius 1 is 1.12 bits per heavy atom. The standard InChI is InChI=1S/C15H22N6O3/c1-2-3-9-17-14(20-21-15(24)18-10-12(16)22)19-13(23)11-7-5-4-6-8-11/h4-8H,2-3,9-10H2,1H3,(H2,16,22)(H2,18,21,24)(H2,17,19,20,23). The zero-order valence-electron chi connectivity index (χ0n) is 13.5. The number of nitrogens with two attached hydrogens (primary N) is 1. The second-order valence-electron chi connectivity index (χ2n) is 4.80. The van der Waals surface area contributed by atoms with E-state index in [0.29, 0.717) is 12.1 Å². The number of nitrogens with zero attached hydrogens (tertiary/aromatic N) is 1. The molecule has 0 radical (unpaired) electrons. The smallest absolute Gasteiger partial charge is 0.333 e. The van der Waals surface area contributed by atoms with Gasteiger partial charge in [-0.05, 0) is 18.6 Å². The first-order valence-electron chi connectivity index (χ1n) is 7.52. The molecule has 0 saturated heterocycles. The van der Waals surface area contributed by atoms with Crippen molar-refractivity contribution in [2.75, 3.05) is 13.1 Å². The summed E-state index contributed by atoms with van der Waals surface area (Å²) in [7, 11) is 0. The summed E-state index contributed by atoms with van der Waals surface area (Å²) in [5.74, 6) is -0.927. The van der Waals surface area contributed by atoms with E-state index in [9.17, 15) is 14.4 Å². The third-order valence-corrected chi connectivity index (χ3v) is 2.77. The minimum absolute atomic E-state index is 0.103. The summed E-state index contributed by atoms with van der Waals surface area (Å²) in [4.78, 5) is 38.4. The summed E-state index contributed by atoms with van der Waals surface area (Å²) >= 11 is 0. The summed E-state index contributed by atoms with van der Waals surface area (Å²) in [6, 6.07) is 7.93. The van der Waals surface area contributed by atoms with E-state index in [1.165, 1.54) is 0 Å². The number of amides is 4. The van der Waals surface area contributed by atoms with Gasteiger partial charge in [0.1, 0.15) is 0 Å². The Balaban J connectivity index is 2.60. The van der Waals surface area contributed by atoms with E-state index in [4.69, 9.17) is 5.73 Å². The van der Waals surface area contributed by atoms with Crippen molar-refractivity contribution in [3.8, 4) is 0 Å². The van der Waals surface area contributed by atoms with Crippen LogP contribution in [0.25, 0.3) is 0 Å². The molecule has 0 atom stereocenters. The van der Waals surface area contributed by atoms with Crippen LogP contribution in [0.2, 0.25) is 0 Å².